The molecule has 3 rings (SSSR count). The quantitative estimate of drug-likeness (QED) is 0.334. The molecular weight excluding hydrogens is 386 g/mol. The summed E-state index contributed by atoms with van der Waals surface area (Å²) in [7, 11) is 0. The summed E-state index contributed by atoms with van der Waals surface area (Å²) in [6, 6.07) is 13.7. The second kappa shape index (κ2) is 9.26. The number of benzene rings is 2. The minimum absolute atomic E-state index is 0.110. The number of rotatable bonds is 6. The lowest BCUT2D eigenvalue weighted by Crippen LogP contribution is -2.21. The summed E-state index contributed by atoms with van der Waals surface area (Å²) in [5.41, 5.74) is 2.17. The maximum atomic E-state index is 12.6. The van der Waals surface area contributed by atoms with Gasteiger partial charge in [0.05, 0.1) is 17.7 Å². The average molecular weight is 409 g/mol. The van der Waals surface area contributed by atoms with Crippen LogP contribution in [0.15, 0.2) is 57.7 Å². The Labute approximate surface area is 173 Å². The lowest BCUT2D eigenvalue weighted by molar-refractivity contribution is 0.0401. The van der Waals surface area contributed by atoms with Gasteiger partial charge in [0.15, 0.2) is 0 Å². The van der Waals surface area contributed by atoms with Gasteiger partial charge in [-0.1, -0.05) is 12.1 Å². The van der Waals surface area contributed by atoms with E-state index < -0.39 is 17.8 Å². The Morgan fingerprint density at radius 3 is 2.30 bits per heavy atom. The molecule has 0 atom stereocenters. The van der Waals surface area contributed by atoms with Gasteiger partial charge >= 0.3 is 17.8 Å². The summed E-state index contributed by atoms with van der Waals surface area (Å²) in [4.78, 5) is 37.9. The van der Waals surface area contributed by atoms with E-state index in [1.165, 1.54) is 12.1 Å². The van der Waals surface area contributed by atoms with Crippen LogP contribution < -0.4 is 10.5 Å². The van der Waals surface area contributed by atoms with E-state index in [0.717, 1.165) is 24.2 Å². The number of hydrogen-bond acceptors (Lipinski definition) is 7. The zero-order chi connectivity index (χ0) is 21.7. The number of carbonyl (C=O) groups is 2. The van der Waals surface area contributed by atoms with E-state index >= 15 is 0 Å². The molecule has 1 heterocycles. The number of nitrogens with zero attached hydrogens (tertiary/aromatic N) is 1. The number of esters is 1. The van der Waals surface area contributed by atoms with Crippen LogP contribution in [0.3, 0.4) is 0 Å². The van der Waals surface area contributed by atoms with Crippen LogP contribution in [-0.2, 0) is 9.47 Å². The van der Waals surface area contributed by atoms with Crippen LogP contribution in [0.25, 0.3) is 22.1 Å². The highest BCUT2D eigenvalue weighted by Crippen LogP contribution is 2.25. The van der Waals surface area contributed by atoms with Crippen molar-refractivity contribution in [2.75, 3.05) is 24.6 Å². The van der Waals surface area contributed by atoms with Crippen molar-refractivity contribution in [1.82, 2.24) is 0 Å². The van der Waals surface area contributed by atoms with E-state index in [-0.39, 0.29) is 12.2 Å². The van der Waals surface area contributed by atoms with E-state index in [1.807, 2.05) is 18.2 Å². The molecule has 0 unspecified atom stereocenters. The minimum atomic E-state index is -1.05. The van der Waals surface area contributed by atoms with Crippen LogP contribution in [0, 0.1) is 0 Å². The van der Waals surface area contributed by atoms with Gasteiger partial charge in [-0.25, -0.2) is 14.4 Å². The van der Waals surface area contributed by atoms with Gasteiger partial charge in [-0.15, -0.1) is 0 Å². The summed E-state index contributed by atoms with van der Waals surface area (Å²) in [6.45, 7) is 7.57. The lowest BCUT2D eigenvalue weighted by atomic mass is 10.0. The molecule has 0 aliphatic carbocycles. The maximum Gasteiger partial charge on any atom is 0.516 e. The molecular formula is C23H23NO6. The molecule has 0 N–H and O–H groups in total. The topological polar surface area (TPSA) is 86.1 Å². The van der Waals surface area contributed by atoms with E-state index in [9.17, 15) is 14.4 Å². The summed E-state index contributed by atoms with van der Waals surface area (Å²) >= 11 is 0. The van der Waals surface area contributed by atoms with Crippen molar-refractivity contribution in [3.05, 3.63) is 64.5 Å². The molecule has 0 saturated heterocycles. The third-order valence-corrected chi connectivity index (χ3v) is 4.72. The van der Waals surface area contributed by atoms with Crippen LogP contribution in [0.2, 0.25) is 0 Å². The Hall–Kier alpha value is -3.61. The molecule has 0 aliphatic rings. The third kappa shape index (κ3) is 4.51. The molecule has 3 aromatic rings. The van der Waals surface area contributed by atoms with Crippen molar-refractivity contribution >= 4 is 28.8 Å². The fourth-order valence-corrected chi connectivity index (χ4v) is 3.15. The van der Waals surface area contributed by atoms with Gasteiger partial charge in [0, 0.05) is 30.2 Å². The SMILES string of the molecule is CCOC(=O)OC(=O)c1ccc(-c2cc3ccc(N(CC)CC)cc3oc2=O)cc1. The lowest BCUT2D eigenvalue weighted by Gasteiger charge is -2.21. The molecule has 0 bridgehead atoms. The second-order valence-electron chi connectivity index (χ2n) is 6.49. The van der Waals surface area contributed by atoms with Crippen LogP contribution in [0.4, 0.5) is 10.5 Å². The first-order chi connectivity index (χ1) is 14.5. The molecule has 156 valence electrons. The summed E-state index contributed by atoms with van der Waals surface area (Å²) in [5, 5.41) is 0.798. The van der Waals surface area contributed by atoms with Crippen molar-refractivity contribution < 1.29 is 23.5 Å². The smallest absolute Gasteiger partial charge is 0.434 e. The monoisotopic (exact) mass is 409 g/mol. The van der Waals surface area contributed by atoms with Crippen molar-refractivity contribution in [3.63, 3.8) is 0 Å². The van der Waals surface area contributed by atoms with Gasteiger partial charge in [-0.3, -0.25) is 0 Å². The molecule has 0 saturated carbocycles. The first-order valence-corrected chi connectivity index (χ1v) is 9.79. The average Bonchev–Trinajstić information content (AvgIpc) is 2.74. The highest BCUT2D eigenvalue weighted by Gasteiger charge is 2.15. The zero-order valence-corrected chi connectivity index (χ0v) is 17.1. The molecule has 0 aliphatic heterocycles. The normalized spacial score (nSPS) is 10.6. The number of hydrogen-bond donors (Lipinski definition) is 0. The van der Waals surface area contributed by atoms with Crippen molar-refractivity contribution in [1.29, 1.82) is 0 Å². The van der Waals surface area contributed by atoms with Crippen molar-refractivity contribution in [3.8, 4) is 11.1 Å². The molecule has 30 heavy (non-hydrogen) atoms. The number of carbonyl (C=O) groups excluding carboxylic acids is 2. The van der Waals surface area contributed by atoms with Crippen LogP contribution >= 0.6 is 0 Å². The molecule has 2 aromatic carbocycles. The summed E-state index contributed by atoms with van der Waals surface area (Å²) < 4.78 is 14.7. The largest absolute Gasteiger partial charge is 0.516 e. The van der Waals surface area contributed by atoms with E-state index in [4.69, 9.17) is 4.42 Å². The molecule has 1 aromatic heterocycles. The molecule has 7 heteroatoms. The molecule has 0 radical (unpaired) electrons. The van der Waals surface area contributed by atoms with Crippen LogP contribution in [0.5, 0.6) is 0 Å². The van der Waals surface area contributed by atoms with Gasteiger partial charge < -0.3 is 18.8 Å². The Morgan fingerprint density at radius 2 is 1.67 bits per heavy atom. The highest BCUT2D eigenvalue weighted by molar-refractivity contribution is 5.95. The number of ether oxygens (including phenoxy) is 2. The highest BCUT2D eigenvalue weighted by atomic mass is 16.7. The molecule has 7 nitrogen and oxygen atoms in total. The second-order valence-corrected chi connectivity index (χ2v) is 6.49. The molecule has 0 spiro atoms. The molecule has 0 fully saturated rings. The minimum Gasteiger partial charge on any atom is -0.434 e. The van der Waals surface area contributed by atoms with Gasteiger partial charge in [0.25, 0.3) is 0 Å². The summed E-state index contributed by atoms with van der Waals surface area (Å²) in [5.74, 6) is -0.825. The Morgan fingerprint density at radius 1 is 0.967 bits per heavy atom. The number of anilines is 1. The molecule has 0 amide bonds. The van der Waals surface area contributed by atoms with E-state index in [0.29, 0.717) is 16.7 Å². The van der Waals surface area contributed by atoms with E-state index in [2.05, 4.69) is 28.2 Å². The first kappa shape index (κ1) is 21.1. The van der Waals surface area contributed by atoms with Gasteiger partial charge in [0.2, 0.25) is 0 Å². The van der Waals surface area contributed by atoms with Crippen LogP contribution in [0.1, 0.15) is 31.1 Å². The van der Waals surface area contributed by atoms with Crippen molar-refractivity contribution in [2.24, 2.45) is 0 Å². The third-order valence-electron chi connectivity index (χ3n) is 4.72. The Bertz CT molecular complexity index is 1110. The first-order valence-electron chi connectivity index (χ1n) is 9.79. The standard InChI is InChI=1S/C23H23NO6/c1-4-24(5-2)18-12-11-17-13-19(22(26)29-20(17)14-18)15-7-9-16(10-8-15)21(25)30-23(27)28-6-3/h7-14H,4-6H2,1-3H3. The van der Waals surface area contributed by atoms with Gasteiger partial charge in [-0.2, -0.15) is 0 Å². The fourth-order valence-electron chi connectivity index (χ4n) is 3.15. The Kier molecular flexibility index (Phi) is 6.51. The summed E-state index contributed by atoms with van der Waals surface area (Å²) in [6.07, 6.45) is -1.05. The predicted molar refractivity (Wildman–Crippen MR) is 114 cm³/mol. The number of fused-ring (bicyclic) bond motifs is 1. The van der Waals surface area contributed by atoms with E-state index in [1.54, 1.807) is 25.1 Å². The predicted octanol–water partition coefficient (Wildman–Crippen LogP) is 4.62. The fraction of sp³-hybridized carbons (Fsp3) is 0.261. The van der Waals surface area contributed by atoms with Gasteiger partial charge in [0.1, 0.15) is 5.58 Å². The van der Waals surface area contributed by atoms with Gasteiger partial charge in [-0.05, 0) is 56.7 Å². The van der Waals surface area contributed by atoms with Crippen molar-refractivity contribution in [2.45, 2.75) is 20.8 Å². The Balaban J connectivity index is 1.88. The zero-order valence-electron chi connectivity index (χ0n) is 17.1. The maximum absolute atomic E-state index is 12.6. The van der Waals surface area contributed by atoms with Crippen LogP contribution in [-0.4, -0.2) is 31.8 Å².